The fourth-order valence-corrected chi connectivity index (χ4v) is 3.68. The summed E-state index contributed by atoms with van der Waals surface area (Å²) in [5.41, 5.74) is 3.19. The number of hydrogen-bond donors (Lipinski definition) is 2. The number of amides is 1. The standard InChI is InChI=1S/C23H23FN6O/c1-15-18(24)7-8-20(30-12-10-29(3)11-13-30)22(15)26-21(31)9-5-16-4-6-17-19(14-16)27-28-23(17)25-2/h4-9,14H,10-13H2,1,3H3,(H,26,31)(H,27,28)/b9-5+. The summed E-state index contributed by atoms with van der Waals surface area (Å²) in [5, 5.41) is 10.4. The van der Waals surface area contributed by atoms with Crippen LogP contribution in [0.1, 0.15) is 11.1 Å². The predicted octanol–water partition coefficient (Wildman–Crippen LogP) is 3.96. The summed E-state index contributed by atoms with van der Waals surface area (Å²) in [6.07, 6.45) is 3.09. The fourth-order valence-electron chi connectivity index (χ4n) is 3.68. The van der Waals surface area contributed by atoms with Gasteiger partial charge in [-0.2, -0.15) is 0 Å². The molecule has 158 valence electrons. The maximum Gasteiger partial charge on any atom is 0.257 e. The molecule has 7 nitrogen and oxygen atoms in total. The van der Waals surface area contributed by atoms with Crippen molar-refractivity contribution in [3.63, 3.8) is 0 Å². The minimum absolute atomic E-state index is 0.340. The molecule has 31 heavy (non-hydrogen) atoms. The van der Waals surface area contributed by atoms with Crippen LogP contribution in [0.3, 0.4) is 0 Å². The van der Waals surface area contributed by atoms with E-state index in [-0.39, 0.29) is 11.7 Å². The zero-order valence-corrected chi connectivity index (χ0v) is 17.4. The third-order valence-corrected chi connectivity index (χ3v) is 5.57. The van der Waals surface area contributed by atoms with Crippen LogP contribution < -0.4 is 10.2 Å². The van der Waals surface area contributed by atoms with E-state index in [1.807, 2.05) is 6.07 Å². The molecule has 3 aromatic rings. The maximum atomic E-state index is 14.2. The summed E-state index contributed by atoms with van der Waals surface area (Å²) in [6.45, 7) is 12.3. The van der Waals surface area contributed by atoms with Gasteiger partial charge in [-0.1, -0.05) is 18.7 Å². The van der Waals surface area contributed by atoms with E-state index < -0.39 is 0 Å². The van der Waals surface area contributed by atoms with Gasteiger partial charge in [0.25, 0.3) is 5.82 Å². The van der Waals surface area contributed by atoms with Gasteiger partial charge in [-0.15, -0.1) is 5.10 Å². The number of halogens is 1. The number of likely N-dealkylation sites (N-methyl/N-ethyl adjacent to an activating group) is 1. The van der Waals surface area contributed by atoms with Gasteiger partial charge in [-0.25, -0.2) is 9.49 Å². The van der Waals surface area contributed by atoms with Gasteiger partial charge in [0.15, 0.2) is 0 Å². The van der Waals surface area contributed by atoms with Crippen LogP contribution >= 0.6 is 0 Å². The van der Waals surface area contributed by atoms with E-state index in [9.17, 15) is 9.18 Å². The Balaban J connectivity index is 1.54. The molecule has 2 aromatic carbocycles. The van der Waals surface area contributed by atoms with Crippen LogP contribution in [0.2, 0.25) is 0 Å². The van der Waals surface area contributed by atoms with Gasteiger partial charge in [-0.05, 0) is 43.8 Å². The molecular weight excluding hydrogens is 395 g/mol. The highest BCUT2D eigenvalue weighted by Gasteiger charge is 2.20. The summed E-state index contributed by atoms with van der Waals surface area (Å²) in [7, 11) is 2.07. The van der Waals surface area contributed by atoms with Crippen molar-refractivity contribution < 1.29 is 9.18 Å². The first-order valence-electron chi connectivity index (χ1n) is 10.0. The fraction of sp³-hybridized carbons (Fsp3) is 0.261. The molecule has 0 spiro atoms. The number of carbonyl (C=O) groups is 1. The number of rotatable bonds is 4. The second kappa shape index (κ2) is 8.58. The quantitative estimate of drug-likeness (QED) is 0.497. The first-order chi connectivity index (χ1) is 15.0. The topological polar surface area (TPSA) is 68.6 Å². The summed E-state index contributed by atoms with van der Waals surface area (Å²) in [6, 6.07) is 8.59. The summed E-state index contributed by atoms with van der Waals surface area (Å²) < 4.78 is 14.2. The van der Waals surface area contributed by atoms with Crippen LogP contribution in [0.25, 0.3) is 21.8 Å². The molecule has 1 saturated heterocycles. The summed E-state index contributed by atoms with van der Waals surface area (Å²) >= 11 is 0. The normalized spacial score (nSPS) is 14.8. The molecule has 2 heterocycles. The molecule has 2 N–H and O–H groups in total. The van der Waals surface area contributed by atoms with Gasteiger partial charge in [0.1, 0.15) is 11.3 Å². The van der Waals surface area contributed by atoms with Crippen LogP contribution in [0, 0.1) is 19.3 Å². The van der Waals surface area contributed by atoms with E-state index in [0.29, 0.717) is 22.6 Å². The Hall–Kier alpha value is -3.70. The molecule has 0 saturated carbocycles. The van der Waals surface area contributed by atoms with Gasteiger partial charge in [0, 0.05) is 43.2 Å². The van der Waals surface area contributed by atoms with Crippen molar-refractivity contribution in [3.05, 3.63) is 64.8 Å². The van der Waals surface area contributed by atoms with Crippen molar-refractivity contribution in [2.45, 2.75) is 6.92 Å². The number of nitrogens with one attached hydrogen (secondary N) is 2. The number of carbonyl (C=O) groups excluding carboxylic acids is 1. The molecule has 0 aliphatic carbocycles. The second-order valence-electron chi connectivity index (χ2n) is 7.64. The number of nitrogens with zero attached hydrogens (tertiary/aromatic N) is 4. The Morgan fingerprint density at radius 2 is 2.03 bits per heavy atom. The second-order valence-corrected chi connectivity index (χ2v) is 7.64. The van der Waals surface area contributed by atoms with Crippen molar-refractivity contribution in [2.75, 3.05) is 43.4 Å². The highest BCUT2D eigenvalue weighted by Crippen LogP contribution is 2.32. The van der Waals surface area contributed by atoms with Crippen LogP contribution in [0.4, 0.5) is 21.6 Å². The molecule has 1 fully saturated rings. The van der Waals surface area contributed by atoms with Crippen molar-refractivity contribution in [1.82, 2.24) is 15.1 Å². The first kappa shape index (κ1) is 20.6. The molecule has 4 rings (SSSR count). The molecule has 1 aromatic heterocycles. The van der Waals surface area contributed by atoms with Crippen molar-refractivity contribution in [2.24, 2.45) is 0 Å². The molecule has 8 heteroatoms. The zero-order valence-electron chi connectivity index (χ0n) is 17.4. The van der Waals surface area contributed by atoms with Gasteiger partial charge in [-0.3, -0.25) is 4.79 Å². The third-order valence-electron chi connectivity index (χ3n) is 5.57. The smallest absolute Gasteiger partial charge is 0.257 e. The van der Waals surface area contributed by atoms with Gasteiger partial charge in [0.05, 0.1) is 11.4 Å². The first-order valence-corrected chi connectivity index (χ1v) is 10.0. The van der Waals surface area contributed by atoms with Crippen LogP contribution in [-0.2, 0) is 4.79 Å². The van der Waals surface area contributed by atoms with Gasteiger partial charge >= 0.3 is 0 Å². The Labute approximate surface area is 180 Å². The molecule has 1 aliphatic rings. The molecule has 1 aliphatic heterocycles. The Morgan fingerprint density at radius 1 is 1.26 bits per heavy atom. The SMILES string of the molecule is [C-]#[N+]c1[nH]nc2cc(/C=C/C(=O)Nc3c(N4CCN(C)CC4)ccc(F)c3C)ccc12. The van der Waals surface area contributed by atoms with E-state index in [4.69, 9.17) is 6.57 Å². The third kappa shape index (κ3) is 4.27. The van der Waals surface area contributed by atoms with E-state index in [1.165, 1.54) is 12.1 Å². The lowest BCUT2D eigenvalue weighted by Gasteiger charge is -2.35. The average molecular weight is 418 g/mol. The van der Waals surface area contributed by atoms with Gasteiger partial charge < -0.3 is 20.0 Å². The average Bonchev–Trinajstić information content (AvgIpc) is 3.19. The highest BCUT2D eigenvalue weighted by molar-refractivity contribution is 6.04. The molecule has 1 amide bonds. The number of aromatic amines is 1. The lowest BCUT2D eigenvalue weighted by atomic mass is 10.1. The highest BCUT2D eigenvalue weighted by atomic mass is 19.1. The monoisotopic (exact) mass is 418 g/mol. The number of aromatic nitrogens is 2. The molecule has 0 unspecified atom stereocenters. The zero-order chi connectivity index (χ0) is 22.0. The van der Waals surface area contributed by atoms with E-state index in [0.717, 1.165) is 42.8 Å². The Kier molecular flexibility index (Phi) is 5.69. The number of H-pyrrole nitrogens is 1. The molecule has 0 radical (unpaired) electrons. The minimum Gasteiger partial charge on any atom is -0.367 e. The molecular formula is C23H23FN6O. The van der Waals surface area contributed by atoms with Crippen LogP contribution in [0.5, 0.6) is 0 Å². The molecule has 0 bridgehead atoms. The Morgan fingerprint density at radius 3 is 2.77 bits per heavy atom. The predicted molar refractivity (Wildman–Crippen MR) is 121 cm³/mol. The number of fused-ring (bicyclic) bond motifs is 1. The lowest BCUT2D eigenvalue weighted by Crippen LogP contribution is -2.44. The van der Waals surface area contributed by atoms with Crippen molar-refractivity contribution >= 4 is 40.1 Å². The summed E-state index contributed by atoms with van der Waals surface area (Å²) in [5.74, 6) is -0.300. The lowest BCUT2D eigenvalue weighted by molar-refractivity contribution is -0.111. The van der Waals surface area contributed by atoms with Gasteiger partial charge in [0.2, 0.25) is 5.91 Å². The maximum absolute atomic E-state index is 14.2. The number of anilines is 2. The number of piperazine rings is 1. The minimum atomic E-state index is -0.350. The number of hydrogen-bond acceptors (Lipinski definition) is 4. The van der Waals surface area contributed by atoms with E-state index >= 15 is 0 Å². The Bertz CT molecular complexity index is 1200. The van der Waals surface area contributed by atoms with Crippen LogP contribution in [0.15, 0.2) is 36.4 Å². The van der Waals surface area contributed by atoms with E-state index in [1.54, 1.807) is 31.2 Å². The largest absolute Gasteiger partial charge is 0.367 e. The van der Waals surface area contributed by atoms with E-state index in [2.05, 4.69) is 37.2 Å². The summed E-state index contributed by atoms with van der Waals surface area (Å²) in [4.78, 5) is 20.4. The van der Waals surface area contributed by atoms with Crippen molar-refractivity contribution in [3.8, 4) is 0 Å². The number of benzene rings is 2. The van der Waals surface area contributed by atoms with Crippen molar-refractivity contribution in [1.29, 1.82) is 0 Å². The van der Waals surface area contributed by atoms with Crippen LogP contribution in [-0.4, -0.2) is 54.2 Å². The molecule has 0 atom stereocenters.